The number of aliphatic hydroxyl groups excluding tert-OH is 1. The average Bonchev–Trinajstić information content (AvgIpc) is 3.18. The van der Waals surface area contributed by atoms with E-state index in [2.05, 4.69) is 0 Å². The number of anilines is 1. The van der Waals surface area contributed by atoms with Crippen molar-refractivity contribution in [2.45, 2.75) is 13.0 Å². The highest BCUT2D eigenvalue weighted by atomic mass is 16.5. The van der Waals surface area contributed by atoms with Crippen LogP contribution in [0.1, 0.15) is 24.1 Å². The molecule has 4 aromatic carbocycles. The molecule has 180 valence electrons. The second-order valence-electron chi connectivity index (χ2n) is 8.39. The Kier molecular flexibility index (Phi) is 6.17. The second-order valence-corrected chi connectivity index (χ2v) is 8.39. The molecule has 1 unspecified atom stereocenters. The summed E-state index contributed by atoms with van der Waals surface area (Å²) in [5.41, 5.74) is 1.74. The highest BCUT2D eigenvalue weighted by Crippen LogP contribution is 2.44. The van der Waals surface area contributed by atoms with Crippen molar-refractivity contribution in [2.24, 2.45) is 0 Å². The minimum Gasteiger partial charge on any atom is -0.507 e. The summed E-state index contributed by atoms with van der Waals surface area (Å²) in [5, 5.41) is 13.3. The van der Waals surface area contributed by atoms with Crippen LogP contribution in [0.4, 0.5) is 5.69 Å². The van der Waals surface area contributed by atoms with E-state index in [1.807, 2.05) is 49.4 Å². The predicted molar refractivity (Wildman–Crippen MR) is 139 cm³/mol. The van der Waals surface area contributed by atoms with Crippen LogP contribution in [0, 0.1) is 0 Å². The second kappa shape index (κ2) is 9.58. The lowest BCUT2D eigenvalue weighted by molar-refractivity contribution is -0.132. The van der Waals surface area contributed by atoms with Crippen molar-refractivity contribution in [3.8, 4) is 11.5 Å². The Balaban J connectivity index is 1.73. The van der Waals surface area contributed by atoms with Gasteiger partial charge in [0.2, 0.25) is 0 Å². The first-order valence-electron chi connectivity index (χ1n) is 11.7. The van der Waals surface area contributed by atoms with Gasteiger partial charge < -0.3 is 14.6 Å². The number of hydrogen-bond acceptors (Lipinski definition) is 5. The SMILES string of the molecule is CCOc1ccc(/C(O)=C2/C(=O)C(=O)N(c3ccc(OC)cc3)C2c2cccc3ccccc23)cc1. The molecule has 1 heterocycles. The molecule has 0 spiro atoms. The van der Waals surface area contributed by atoms with Crippen molar-refractivity contribution < 1.29 is 24.2 Å². The summed E-state index contributed by atoms with van der Waals surface area (Å²) >= 11 is 0. The van der Waals surface area contributed by atoms with Gasteiger partial charge >= 0.3 is 0 Å². The lowest BCUT2D eigenvalue weighted by Gasteiger charge is -2.26. The standard InChI is InChI=1S/C30H25NO5/c1-3-36-23-15-11-20(12-16-23)28(32)26-27(25-10-6-8-19-7-4-5-9-24(19)25)31(30(34)29(26)33)21-13-17-22(35-2)18-14-21/h4-18,27,32H,3H2,1-2H3/b28-26-. The van der Waals surface area contributed by atoms with Crippen LogP contribution < -0.4 is 14.4 Å². The monoisotopic (exact) mass is 479 g/mol. The number of benzene rings is 4. The lowest BCUT2D eigenvalue weighted by Crippen LogP contribution is -2.29. The highest BCUT2D eigenvalue weighted by molar-refractivity contribution is 6.51. The van der Waals surface area contributed by atoms with Gasteiger partial charge in [-0.15, -0.1) is 0 Å². The summed E-state index contributed by atoms with van der Waals surface area (Å²) < 4.78 is 10.8. The van der Waals surface area contributed by atoms with E-state index in [0.717, 1.165) is 16.3 Å². The molecule has 36 heavy (non-hydrogen) atoms. The minimum atomic E-state index is -0.823. The average molecular weight is 480 g/mol. The Morgan fingerprint density at radius 3 is 2.22 bits per heavy atom. The molecule has 1 aliphatic rings. The molecular formula is C30H25NO5. The quantitative estimate of drug-likeness (QED) is 0.213. The third-order valence-corrected chi connectivity index (χ3v) is 6.35. The van der Waals surface area contributed by atoms with Gasteiger partial charge in [0, 0.05) is 11.3 Å². The molecule has 1 amide bonds. The van der Waals surface area contributed by atoms with Crippen molar-refractivity contribution in [1.29, 1.82) is 0 Å². The van der Waals surface area contributed by atoms with E-state index in [0.29, 0.717) is 29.4 Å². The van der Waals surface area contributed by atoms with Crippen LogP contribution in [0.15, 0.2) is 96.6 Å². The van der Waals surface area contributed by atoms with Crippen LogP contribution in [-0.2, 0) is 9.59 Å². The zero-order valence-corrected chi connectivity index (χ0v) is 20.0. The summed E-state index contributed by atoms with van der Waals surface area (Å²) in [6.07, 6.45) is 0. The van der Waals surface area contributed by atoms with Crippen LogP contribution in [0.2, 0.25) is 0 Å². The Bertz CT molecular complexity index is 1470. The van der Waals surface area contributed by atoms with Crippen molar-refractivity contribution in [3.05, 3.63) is 108 Å². The lowest BCUT2D eigenvalue weighted by atomic mass is 9.91. The van der Waals surface area contributed by atoms with Gasteiger partial charge in [0.25, 0.3) is 11.7 Å². The molecule has 0 aliphatic carbocycles. The van der Waals surface area contributed by atoms with Crippen LogP contribution >= 0.6 is 0 Å². The number of ether oxygens (including phenoxy) is 2. The van der Waals surface area contributed by atoms with Crippen molar-refractivity contribution in [1.82, 2.24) is 0 Å². The largest absolute Gasteiger partial charge is 0.507 e. The molecular weight excluding hydrogens is 454 g/mol. The van der Waals surface area contributed by atoms with E-state index in [1.54, 1.807) is 55.6 Å². The summed E-state index contributed by atoms with van der Waals surface area (Å²) in [6.45, 7) is 2.40. The number of carbonyl (C=O) groups excluding carboxylic acids is 2. The van der Waals surface area contributed by atoms with E-state index in [-0.39, 0.29) is 11.3 Å². The molecule has 0 aromatic heterocycles. The molecule has 0 radical (unpaired) electrons. The van der Waals surface area contributed by atoms with Crippen LogP contribution in [0.5, 0.6) is 11.5 Å². The van der Waals surface area contributed by atoms with Crippen molar-refractivity contribution in [3.63, 3.8) is 0 Å². The number of Topliss-reactive ketones (excluding diaryl/α,β-unsaturated/α-hetero) is 1. The first kappa shape index (κ1) is 23.2. The van der Waals surface area contributed by atoms with Crippen molar-refractivity contribution in [2.75, 3.05) is 18.6 Å². The molecule has 5 rings (SSSR count). The molecule has 6 heteroatoms. The first-order chi connectivity index (χ1) is 17.5. The van der Waals surface area contributed by atoms with E-state index in [4.69, 9.17) is 9.47 Å². The number of ketones is 1. The minimum absolute atomic E-state index is 0.0383. The van der Waals surface area contributed by atoms with E-state index in [9.17, 15) is 14.7 Å². The zero-order chi connectivity index (χ0) is 25.2. The fourth-order valence-corrected chi connectivity index (χ4v) is 4.66. The summed E-state index contributed by atoms with van der Waals surface area (Å²) in [5.74, 6) is -0.393. The molecule has 1 N–H and O–H groups in total. The molecule has 1 fully saturated rings. The van der Waals surface area contributed by atoms with E-state index in [1.165, 1.54) is 4.90 Å². The molecule has 6 nitrogen and oxygen atoms in total. The number of fused-ring (bicyclic) bond motifs is 1. The highest BCUT2D eigenvalue weighted by Gasteiger charge is 2.47. The zero-order valence-electron chi connectivity index (χ0n) is 20.0. The summed E-state index contributed by atoms with van der Waals surface area (Å²) in [6, 6.07) is 26.5. The Hall–Kier alpha value is -4.58. The van der Waals surface area contributed by atoms with Gasteiger partial charge in [0.1, 0.15) is 17.3 Å². The Labute approximate surface area is 209 Å². The van der Waals surface area contributed by atoms with Gasteiger partial charge in [-0.3, -0.25) is 14.5 Å². The number of rotatable bonds is 6. The molecule has 1 atom stereocenters. The number of hydrogen-bond donors (Lipinski definition) is 1. The van der Waals surface area contributed by atoms with Crippen LogP contribution in [0.25, 0.3) is 16.5 Å². The maximum absolute atomic E-state index is 13.5. The molecule has 0 bridgehead atoms. The van der Waals surface area contributed by atoms with Gasteiger partial charge in [0.15, 0.2) is 0 Å². The van der Waals surface area contributed by atoms with Crippen LogP contribution in [-0.4, -0.2) is 30.5 Å². The topological polar surface area (TPSA) is 76.1 Å². The maximum atomic E-state index is 13.5. The van der Waals surface area contributed by atoms with Crippen molar-refractivity contribution >= 4 is 33.9 Å². The van der Waals surface area contributed by atoms with E-state index < -0.39 is 17.7 Å². The van der Waals surface area contributed by atoms with Gasteiger partial charge in [-0.25, -0.2) is 0 Å². The molecule has 4 aromatic rings. The molecule has 1 saturated heterocycles. The Morgan fingerprint density at radius 2 is 1.53 bits per heavy atom. The third kappa shape index (κ3) is 3.96. The number of carbonyl (C=O) groups is 2. The fraction of sp³-hybridized carbons (Fsp3) is 0.133. The number of aliphatic hydroxyl groups is 1. The first-order valence-corrected chi connectivity index (χ1v) is 11.7. The van der Waals surface area contributed by atoms with Gasteiger partial charge in [0.05, 0.1) is 25.3 Å². The van der Waals surface area contributed by atoms with Gasteiger partial charge in [-0.1, -0.05) is 42.5 Å². The fourth-order valence-electron chi connectivity index (χ4n) is 4.66. The molecule has 1 aliphatic heterocycles. The van der Waals surface area contributed by atoms with Gasteiger partial charge in [-0.2, -0.15) is 0 Å². The number of amides is 1. The smallest absolute Gasteiger partial charge is 0.300 e. The van der Waals surface area contributed by atoms with Crippen LogP contribution in [0.3, 0.4) is 0 Å². The Morgan fingerprint density at radius 1 is 0.861 bits per heavy atom. The third-order valence-electron chi connectivity index (χ3n) is 6.35. The maximum Gasteiger partial charge on any atom is 0.300 e. The summed E-state index contributed by atoms with van der Waals surface area (Å²) in [4.78, 5) is 28.4. The molecule has 0 saturated carbocycles. The number of nitrogens with zero attached hydrogens (tertiary/aromatic N) is 1. The van der Waals surface area contributed by atoms with E-state index >= 15 is 0 Å². The summed E-state index contributed by atoms with van der Waals surface area (Å²) in [7, 11) is 1.56. The van der Waals surface area contributed by atoms with Gasteiger partial charge in [-0.05, 0) is 71.8 Å². The predicted octanol–water partition coefficient (Wildman–Crippen LogP) is 5.87. The number of methoxy groups -OCH3 is 1. The normalized spacial score (nSPS) is 16.9.